The van der Waals surface area contributed by atoms with Crippen LogP contribution >= 0.6 is 0 Å². The van der Waals surface area contributed by atoms with Gasteiger partial charge in [-0.15, -0.1) is 18.9 Å². The van der Waals surface area contributed by atoms with Gasteiger partial charge in [-0.05, 0) is 72.8 Å². The van der Waals surface area contributed by atoms with E-state index in [1.165, 1.54) is 29.7 Å². The van der Waals surface area contributed by atoms with E-state index >= 15 is 4.79 Å². The molecule has 6 rings (SSSR count). The molecule has 2 heterocycles. The molecule has 0 aromatic carbocycles. The number of Topliss-reactive ketones (excluding diaryl/α,β-unsaturated/α-hetero) is 1. The molecule has 304 valence electrons. The highest BCUT2D eigenvalue weighted by atomic mass is 32.2. The normalized spacial score (nSPS) is 30.0. The Morgan fingerprint density at radius 3 is 2.39 bits per heavy atom. The van der Waals surface area contributed by atoms with Crippen molar-refractivity contribution in [1.82, 2.24) is 35.5 Å². The van der Waals surface area contributed by atoms with Crippen LogP contribution in [0, 0.1) is 52.8 Å². The molecule has 4 aliphatic carbocycles. The Morgan fingerprint density at radius 2 is 1.79 bits per heavy atom. The minimum absolute atomic E-state index is 0.0221. The third-order valence-electron chi connectivity index (χ3n) is 13.9. The van der Waals surface area contributed by atoms with Crippen molar-refractivity contribution < 1.29 is 32.4 Å². The third-order valence-corrected chi connectivity index (χ3v) is 15.7. The quantitative estimate of drug-likeness (QED) is 0.112. The van der Waals surface area contributed by atoms with E-state index in [9.17, 15) is 27.6 Å². The molecule has 5 amide bonds. The second-order valence-corrected chi connectivity index (χ2v) is 19.0. The number of nitrogens with one attached hydrogen (secondary N) is 4. The van der Waals surface area contributed by atoms with Crippen molar-refractivity contribution in [1.29, 1.82) is 0 Å². The average molecular weight is 792 g/mol. The number of ketones is 1. The van der Waals surface area contributed by atoms with E-state index in [1.54, 1.807) is 17.0 Å². The molecule has 8 atom stereocenters. The van der Waals surface area contributed by atoms with Crippen LogP contribution < -0.4 is 21.3 Å². The summed E-state index contributed by atoms with van der Waals surface area (Å²) in [6, 6.07) is 0.416. The first-order chi connectivity index (χ1) is 26.6. The van der Waals surface area contributed by atoms with Crippen LogP contribution in [0.3, 0.4) is 0 Å². The molecule has 5 aliphatic rings. The zero-order valence-corrected chi connectivity index (χ0v) is 33.8. The molecule has 5 fully saturated rings. The lowest BCUT2D eigenvalue weighted by Crippen LogP contribution is -2.63. The lowest BCUT2D eigenvalue weighted by molar-refractivity contribution is -0.145. The number of sulfonamides is 1. The lowest BCUT2D eigenvalue weighted by atomic mass is 9.70. The Balaban J connectivity index is 1.24. The zero-order chi connectivity index (χ0) is 40.6. The predicted molar refractivity (Wildman–Crippen MR) is 209 cm³/mol. The summed E-state index contributed by atoms with van der Waals surface area (Å²) in [5.74, 6) is 0.528. The van der Waals surface area contributed by atoms with E-state index in [1.807, 2.05) is 6.92 Å². The van der Waals surface area contributed by atoms with Crippen molar-refractivity contribution >= 4 is 39.6 Å². The van der Waals surface area contributed by atoms with E-state index < -0.39 is 63.2 Å². The number of urea groups is 1. The van der Waals surface area contributed by atoms with Gasteiger partial charge < -0.3 is 26.2 Å². The first kappa shape index (κ1) is 41.3. The van der Waals surface area contributed by atoms with Gasteiger partial charge in [-0.2, -0.15) is 4.31 Å². The summed E-state index contributed by atoms with van der Waals surface area (Å²) >= 11 is 0. The van der Waals surface area contributed by atoms with Gasteiger partial charge in [0.1, 0.15) is 18.1 Å². The van der Waals surface area contributed by atoms with Crippen LogP contribution in [0.15, 0.2) is 42.1 Å². The molecule has 1 saturated heterocycles. The molecule has 1 aliphatic heterocycles. The van der Waals surface area contributed by atoms with Crippen molar-refractivity contribution in [3.63, 3.8) is 0 Å². The van der Waals surface area contributed by atoms with Gasteiger partial charge in [0.05, 0.1) is 6.04 Å². The number of likely N-dealkylation sites (N-methyl/N-ethyl adjacent to an activating group) is 1. The Kier molecular flexibility index (Phi) is 12.0. The largest absolute Gasteiger partial charge is 0.346 e. The van der Waals surface area contributed by atoms with Gasteiger partial charge >= 0.3 is 6.03 Å². The summed E-state index contributed by atoms with van der Waals surface area (Å²) in [7, 11) is -2.46. The average Bonchev–Trinajstić information content (AvgIpc) is 3.82. The molecule has 15 heteroatoms. The van der Waals surface area contributed by atoms with Crippen LogP contribution in [0.5, 0.6) is 0 Å². The number of hydrogen-bond donors (Lipinski definition) is 4. The van der Waals surface area contributed by atoms with Crippen molar-refractivity contribution in [3.8, 4) is 12.3 Å². The Hall–Kier alpha value is -4.29. The summed E-state index contributed by atoms with van der Waals surface area (Å²) in [6.07, 6.45) is 14.8. The molecular weight excluding hydrogens is 735 g/mol. The molecule has 0 spiro atoms. The van der Waals surface area contributed by atoms with Gasteiger partial charge in [0.15, 0.2) is 5.03 Å². The topological polar surface area (TPSA) is 187 Å². The Labute approximate surface area is 330 Å². The SMILES string of the molecule is C#CCC(NC(=O)[C@@H]1[C@H]2CCC[C@H]2CN1C(=O)[C@@H](NC(=O)N[C@H](CN(C)S(=O)(=O)c1ccccn1)C12C(C)C1C2C)C1(C)CCCCC1)C(=O)C(=O)NCC=C. The number of pyridine rings is 1. The fourth-order valence-electron chi connectivity index (χ4n) is 10.8. The molecular formula is C41H57N7O7S. The van der Waals surface area contributed by atoms with E-state index in [0.717, 1.165) is 32.1 Å². The van der Waals surface area contributed by atoms with Crippen LogP contribution in [-0.2, 0) is 29.2 Å². The number of amides is 5. The number of hydrogen-bond acceptors (Lipinski definition) is 8. The molecule has 1 aromatic rings. The Bertz CT molecular complexity index is 1850. The van der Waals surface area contributed by atoms with E-state index in [-0.39, 0.29) is 47.7 Å². The number of rotatable bonds is 16. The summed E-state index contributed by atoms with van der Waals surface area (Å²) in [4.78, 5) is 74.8. The molecule has 1 aromatic heterocycles. The van der Waals surface area contributed by atoms with E-state index in [2.05, 4.69) is 52.6 Å². The molecule has 0 radical (unpaired) electrons. The van der Waals surface area contributed by atoms with Gasteiger partial charge in [0.2, 0.25) is 17.6 Å². The van der Waals surface area contributed by atoms with Crippen LogP contribution in [-0.4, -0.2) is 103 Å². The highest BCUT2D eigenvalue weighted by Gasteiger charge is 2.85. The predicted octanol–water partition coefficient (Wildman–Crippen LogP) is 2.62. The number of aromatic nitrogens is 1. The van der Waals surface area contributed by atoms with Crippen LogP contribution in [0.25, 0.3) is 0 Å². The van der Waals surface area contributed by atoms with E-state index in [0.29, 0.717) is 43.6 Å². The monoisotopic (exact) mass is 791 g/mol. The van der Waals surface area contributed by atoms with Gasteiger partial charge in [-0.1, -0.05) is 58.6 Å². The van der Waals surface area contributed by atoms with Crippen molar-refractivity contribution in [2.75, 3.05) is 26.7 Å². The van der Waals surface area contributed by atoms with Crippen molar-refractivity contribution in [3.05, 3.63) is 37.1 Å². The molecule has 0 bridgehead atoms. The van der Waals surface area contributed by atoms with Gasteiger partial charge in [-0.25, -0.2) is 18.2 Å². The van der Waals surface area contributed by atoms with Gasteiger partial charge in [0.25, 0.3) is 15.9 Å². The summed E-state index contributed by atoms with van der Waals surface area (Å²) in [5, 5.41) is 11.3. The second kappa shape index (κ2) is 16.3. The van der Waals surface area contributed by atoms with Crippen molar-refractivity contribution in [2.45, 2.75) is 108 Å². The highest BCUT2D eigenvalue weighted by Crippen LogP contribution is 2.85. The summed E-state index contributed by atoms with van der Waals surface area (Å²) in [6.45, 7) is 10.2. The zero-order valence-electron chi connectivity index (χ0n) is 33.0. The molecule has 56 heavy (non-hydrogen) atoms. The lowest BCUT2D eigenvalue weighted by Gasteiger charge is -2.43. The first-order valence-corrected chi connectivity index (χ1v) is 21.5. The molecule has 4 N–H and O–H groups in total. The molecule has 3 unspecified atom stereocenters. The highest BCUT2D eigenvalue weighted by molar-refractivity contribution is 7.89. The number of carbonyl (C=O) groups excluding carboxylic acids is 5. The fraction of sp³-hybridized carbons (Fsp3) is 0.659. The summed E-state index contributed by atoms with van der Waals surface area (Å²) < 4.78 is 28.3. The van der Waals surface area contributed by atoms with Crippen LogP contribution in [0.4, 0.5) is 4.79 Å². The standard InChI is InChI=1S/C41H57N7O7S/c1-7-15-29(34(49)37(51)43-21-8-2)44-36(50)33-28-17-14-16-27(28)23-48(33)38(52)35(40(5)19-11-9-12-20-40)46-39(53)45-30(41-25(3)32(41)26(41)4)24-47(6)56(54,55)31-18-10-13-22-42-31/h1,8,10,13,18,22,25-30,32-33,35H,2,9,11-12,14-17,19-21,23-24H2,3-6H3,(H,43,51)(H,44,50)(H2,45,46,53)/t25?,26?,27-,28-,29?,30+,32?,33-,35+,41?/m0/s1. The van der Waals surface area contributed by atoms with Crippen molar-refractivity contribution in [2.24, 2.45) is 40.4 Å². The number of likely N-dealkylation sites (tertiary alicyclic amines) is 1. The van der Waals surface area contributed by atoms with Crippen LogP contribution in [0.1, 0.15) is 78.6 Å². The maximum absolute atomic E-state index is 15.0. The summed E-state index contributed by atoms with van der Waals surface area (Å²) in [5.41, 5.74) is -0.879. The minimum Gasteiger partial charge on any atom is -0.346 e. The Morgan fingerprint density at radius 1 is 1.07 bits per heavy atom. The maximum atomic E-state index is 15.0. The number of carbonyl (C=O) groups is 5. The second-order valence-electron chi connectivity index (χ2n) is 17.0. The number of terminal acetylenes is 1. The van der Waals surface area contributed by atoms with Gasteiger partial charge in [-0.3, -0.25) is 19.2 Å². The smallest absolute Gasteiger partial charge is 0.315 e. The third kappa shape index (κ3) is 7.58. The van der Waals surface area contributed by atoms with Crippen LogP contribution in [0.2, 0.25) is 0 Å². The maximum Gasteiger partial charge on any atom is 0.315 e. The van der Waals surface area contributed by atoms with E-state index in [4.69, 9.17) is 6.42 Å². The van der Waals surface area contributed by atoms with Gasteiger partial charge in [0, 0.05) is 44.7 Å². The number of nitrogens with zero attached hydrogens (tertiary/aromatic N) is 3. The number of fused-ring (bicyclic) bond motifs is 2. The molecule has 14 nitrogen and oxygen atoms in total. The molecule has 4 saturated carbocycles. The first-order valence-electron chi connectivity index (χ1n) is 20.0. The fourth-order valence-corrected chi connectivity index (χ4v) is 11.9. The minimum atomic E-state index is -3.95.